The van der Waals surface area contributed by atoms with Crippen molar-refractivity contribution in [2.75, 3.05) is 25.5 Å². The first kappa shape index (κ1) is 22.5. The zero-order valence-corrected chi connectivity index (χ0v) is 19.7. The Balaban J connectivity index is 1.54. The van der Waals surface area contributed by atoms with Crippen molar-refractivity contribution in [1.29, 1.82) is 0 Å². The van der Waals surface area contributed by atoms with Gasteiger partial charge in [0.1, 0.15) is 5.75 Å². The van der Waals surface area contributed by atoms with Crippen molar-refractivity contribution >= 4 is 33.4 Å². The third-order valence-electron chi connectivity index (χ3n) is 6.37. The average molecular weight is 478 g/mol. The molecule has 9 heteroatoms. The molecule has 4 aromatic rings. The van der Waals surface area contributed by atoms with Gasteiger partial charge in [0, 0.05) is 28.9 Å². The Kier molecular flexibility index (Phi) is 6.32. The number of hydrogen-bond acceptors (Lipinski definition) is 6. The summed E-state index contributed by atoms with van der Waals surface area (Å²) < 4.78 is 23.3. The summed E-state index contributed by atoms with van der Waals surface area (Å²) in [5.74, 6) is 0.145. The van der Waals surface area contributed by atoms with Gasteiger partial charge in [-0.2, -0.15) is 5.10 Å². The number of aromatic hydroxyl groups is 1. The number of benzene rings is 2. The number of nitrogens with zero attached hydrogens (tertiary/aromatic N) is 4. The minimum absolute atomic E-state index is 0.0464. The van der Waals surface area contributed by atoms with E-state index in [1.165, 1.54) is 0 Å². The number of piperidine rings is 1. The van der Waals surface area contributed by atoms with E-state index in [0.717, 1.165) is 48.1 Å². The van der Waals surface area contributed by atoms with E-state index in [0.29, 0.717) is 22.9 Å². The van der Waals surface area contributed by atoms with Gasteiger partial charge in [0.2, 0.25) is 0 Å². The van der Waals surface area contributed by atoms with Crippen LogP contribution in [-0.2, 0) is 16.8 Å². The summed E-state index contributed by atoms with van der Waals surface area (Å²) in [5.41, 5.74) is 4.45. The lowest BCUT2D eigenvalue weighted by molar-refractivity contribution is 0.212. The highest BCUT2D eigenvalue weighted by atomic mass is 32.2. The van der Waals surface area contributed by atoms with Gasteiger partial charge in [-0.15, -0.1) is 0 Å². The Hall–Kier alpha value is -3.27. The molecule has 2 aromatic heterocycles. The van der Waals surface area contributed by atoms with Crippen molar-refractivity contribution in [3.8, 4) is 16.9 Å². The van der Waals surface area contributed by atoms with E-state index < -0.39 is 11.1 Å². The van der Waals surface area contributed by atoms with Gasteiger partial charge in [-0.1, -0.05) is 24.3 Å². The van der Waals surface area contributed by atoms with Crippen LogP contribution in [0.3, 0.4) is 0 Å². The van der Waals surface area contributed by atoms with E-state index in [2.05, 4.69) is 27.3 Å². The van der Waals surface area contributed by atoms with Crippen LogP contribution in [0, 0.1) is 0 Å². The molecule has 8 nitrogen and oxygen atoms in total. The predicted molar refractivity (Wildman–Crippen MR) is 135 cm³/mol. The van der Waals surface area contributed by atoms with Crippen molar-refractivity contribution < 1.29 is 13.9 Å². The van der Waals surface area contributed by atoms with Gasteiger partial charge in [-0.3, -0.25) is 9.67 Å². The molecule has 5 rings (SSSR count). The number of para-hydroxylation sites is 1. The lowest BCUT2D eigenvalue weighted by Gasteiger charge is -2.28. The molecular formula is C25H27N5O3S. The second kappa shape index (κ2) is 9.54. The van der Waals surface area contributed by atoms with E-state index in [9.17, 15) is 13.9 Å². The number of phenolic OH excluding ortho intramolecular Hbond substituents is 1. The Bertz CT molecular complexity index is 1350. The van der Waals surface area contributed by atoms with Crippen LogP contribution in [0.25, 0.3) is 22.0 Å². The Morgan fingerprint density at radius 2 is 1.94 bits per heavy atom. The minimum atomic E-state index is -2.02. The maximum atomic E-state index is 11.7. The lowest BCUT2D eigenvalue weighted by Crippen LogP contribution is -2.31. The summed E-state index contributed by atoms with van der Waals surface area (Å²) in [5, 5.41) is 19.2. The number of fused-ring (bicyclic) bond motifs is 1. The summed E-state index contributed by atoms with van der Waals surface area (Å²) in [4.78, 5) is 6.83. The van der Waals surface area contributed by atoms with Crippen molar-refractivity contribution in [2.45, 2.75) is 24.6 Å². The van der Waals surface area contributed by atoms with Crippen LogP contribution in [0.4, 0.5) is 11.4 Å². The van der Waals surface area contributed by atoms with Crippen molar-refractivity contribution in [2.24, 2.45) is 0 Å². The summed E-state index contributed by atoms with van der Waals surface area (Å²) in [6, 6.07) is 13.3. The monoisotopic (exact) mass is 477 g/mol. The maximum absolute atomic E-state index is 11.7. The fourth-order valence-electron chi connectivity index (χ4n) is 4.52. The number of aromatic nitrogens is 3. The van der Waals surface area contributed by atoms with Gasteiger partial charge < -0.3 is 19.9 Å². The first-order valence-electron chi connectivity index (χ1n) is 11.2. The number of nitrogens with one attached hydrogen (secondary N) is 1. The molecule has 1 atom stereocenters. The SMILES string of the molecule is CN1CCC(n2cc(Nc3c(CS(=O)O)cnc4ccc(-c5ccccc5O)cc34)cn2)CC1. The molecule has 1 fully saturated rings. The Morgan fingerprint density at radius 1 is 1.15 bits per heavy atom. The first-order valence-corrected chi connectivity index (χ1v) is 12.5. The minimum Gasteiger partial charge on any atom is -0.507 e. The Labute approximate surface area is 200 Å². The zero-order chi connectivity index (χ0) is 23.7. The van der Waals surface area contributed by atoms with Gasteiger partial charge >= 0.3 is 0 Å². The number of anilines is 2. The topological polar surface area (TPSA) is 104 Å². The van der Waals surface area contributed by atoms with Gasteiger partial charge in [-0.05, 0) is 56.7 Å². The second-order valence-electron chi connectivity index (χ2n) is 8.74. The molecule has 2 aromatic carbocycles. The molecule has 1 aliphatic heterocycles. The fraction of sp³-hybridized carbons (Fsp3) is 0.280. The van der Waals surface area contributed by atoms with Crippen LogP contribution < -0.4 is 5.32 Å². The molecule has 1 aliphatic rings. The number of pyridine rings is 1. The molecule has 0 saturated carbocycles. The average Bonchev–Trinajstić information content (AvgIpc) is 3.29. The molecule has 0 radical (unpaired) electrons. The molecule has 1 unspecified atom stereocenters. The van der Waals surface area contributed by atoms with E-state index in [-0.39, 0.29) is 11.5 Å². The van der Waals surface area contributed by atoms with Crippen LogP contribution in [-0.4, -0.2) is 53.7 Å². The number of rotatable bonds is 6. The van der Waals surface area contributed by atoms with Crippen molar-refractivity contribution in [1.82, 2.24) is 19.7 Å². The highest BCUT2D eigenvalue weighted by molar-refractivity contribution is 7.78. The number of hydrogen-bond donors (Lipinski definition) is 3. The standard InChI is InChI=1S/C25H27N5O3S/c1-29-10-8-20(9-11-29)30-15-19(14-27-30)28-25-18(16-34(32)33)13-26-23-7-6-17(12-22(23)25)21-4-2-3-5-24(21)31/h2-7,12-15,20,31H,8-11,16H2,1H3,(H,26,28)(H,32,33). The van der Waals surface area contributed by atoms with Crippen LogP contribution in [0.5, 0.6) is 5.75 Å². The zero-order valence-electron chi connectivity index (χ0n) is 18.9. The fourth-order valence-corrected chi connectivity index (χ4v) is 5.00. The first-order chi connectivity index (χ1) is 16.5. The van der Waals surface area contributed by atoms with Crippen molar-refractivity contribution in [3.05, 3.63) is 66.6 Å². The third-order valence-corrected chi connectivity index (χ3v) is 6.93. The van der Waals surface area contributed by atoms with Gasteiger partial charge in [0.15, 0.2) is 11.1 Å². The van der Waals surface area contributed by atoms with Gasteiger partial charge in [0.25, 0.3) is 0 Å². The highest BCUT2D eigenvalue weighted by Crippen LogP contribution is 2.36. The van der Waals surface area contributed by atoms with Crippen LogP contribution in [0.2, 0.25) is 0 Å². The van der Waals surface area contributed by atoms with E-state index in [1.54, 1.807) is 24.5 Å². The molecule has 1 saturated heterocycles. The largest absolute Gasteiger partial charge is 0.507 e. The van der Waals surface area contributed by atoms with E-state index in [1.807, 2.05) is 41.2 Å². The van der Waals surface area contributed by atoms with Gasteiger partial charge in [0.05, 0.1) is 34.9 Å². The summed E-state index contributed by atoms with van der Waals surface area (Å²) in [6.45, 7) is 2.09. The maximum Gasteiger partial charge on any atom is 0.157 e. The summed E-state index contributed by atoms with van der Waals surface area (Å²) in [7, 11) is 2.14. The molecule has 3 heterocycles. The molecule has 0 spiro atoms. The molecular weight excluding hydrogens is 450 g/mol. The smallest absolute Gasteiger partial charge is 0.157 e. The lowest BCUT2D eigenvalue weighted by atomic mass is 10.0. The summed E-state index contributed by atoms with van der Waals surface area (Å²) >= 11 is -2.02. The van der Waals surface area contributed by atoms with Crippen LogP contribution in [0.15, 0.2) is 61.1 Å². The quantitative estimate of drug-likeness (QED) is 0.350. The molecule has 34 heavy (non-hydrogen) atoms. The van der Waals surface area contributed by atoms with E-state index in [4.69, 9.17) is 0 Å². The Morgan fingerprint density at radius 3 is 2.71 bits per heavy atom. The van der Waals surface area contributed by atoms with Crippen LogP contribution >= 0.6 is 0 Å². The van der Waals surface area contributed by atoms with Gasteiger partial charge in [-0.25, -0.2) is 4.21 Å². The normalized spacial score (nSPS) is 16.1. The molecule has 0 aliphatic carbocycles. The molecule has 176 valence electrons. The third kappa shape index (κ3) is 4.68. The number of phenols is 1. The molecule has 0 bridgehead atoms. The van der Waals surface area contributed by atoms with Crippen molar-refractivity contribution in [3.63, 3.8) is 0 Å². The number of likely N-dealkylation sites (tertiary alicyclic amines) is 1. The van der Waals surface area contributed by atoms with Crippen LogP contribution in [0.1, 0.15) is 24.4 Å². The molecule has 0 amide bonds. The van der Waals surface area contributed by atoms with E-state index >= 15 is 0 Å². The molecule has 3 N–H and O–H groups in total. The second-order valence-corrected chi connectivity index (χ2v) is 9.67. The summed E-state index contributed by atoms with van der Waals surface area (Å²) in [6.07, 6.45) is 7.52. The highest BCUT2D eigenvalue weighted by Gasteiger charge is 2.20. The predicted octanol–water partition coefficient (Wildman–Crippen LogP) is 4.54.